The lowest BCUT2D eigenvalue weighted by Gasteiger charge is -2.37. The number of ether oxygens (including phenoxy) is 1. The average molecular weight is 431 g/mol. The molecule has 5 nitrogen and oxygen atoms in total. The Balaban J connectivity index is 2.26. The second-order valence-electron chi connectivity index (χ2n) is 8.11. The lowest BCUT2D eigenvalue weighted by atomic mass is 9.97. The van der Waals surface area contributed by atoms with Crippen LogP contribution in [0.4, 0.5) is 0 Å². The predicted octanol–water partition coefficient (Wildman–Crippen LogP) is 5.51. The van der Waals surface area contributed by atoms with Gasteiger partial charge in [-0.25, -0.2) is 4.67 Å². The van der Waals surface area contributed by atoms with Crippen LogP contribution in [0.3, 0.4) is 0 Å². The second kappa shape index (κ2) is 12.4. The Morgan fingerprint density at radius 2 is 1.83 bits per heavy atom. The highest BCUT2D eigenvalue weighted by atomic mass is 31.2. The fourth-order valence-corrected chi connectivity index (χ4v) is 5.50. The summed E-state index contributed by atoms with van der Waals surface area (Å²) in [4.78, 5) is 0. The molecule has 5 atom stereocenters. The first-order chi connectivity index (χ1) is 14.4. The van der Waals surface area contributed by atoms with Gasteiger partial charge in [-0.3, -0.25) is 0 Å². The smallest absolute Gasteiger partial charge is 0.259 e. The number of nitriles is 1. The van der Waals surface area contributed by atoms with Gasteiger partial charge in [0.1, 0.15) is 12.2 Å². The van der Waals surface area contributed by atoms with E-state index in [2.05, 4.69) is 64.1 Å². The Morgan fingerprint density at radius 1 is 1.17 bits per heavy atom. The van der Waals surface area contributed by atoms with Gasteiger partial charge in [-0.1, -0.05) is 43.9 Å². The third kappa shape index (κ3) is 6.78. The first kappa shape index (κ1) is 24.8. The molecule has 1 saturated heterocycles. The van der Waals surface area contributed by atoms with Crippen LogP contribution in [0.25, 0.3) is 0 Å². The van der Waals surface area contributed by atoms with Gasteiger partial charge in [0.05, 0.1) is 25.2 Å². The topological polar surface area (TPSA) is 54.7 Å². The van der Waals surface area contributed by atoms with Crippen LogP contribution in [0, 0.1) is 29.1 Å². The van der Waals surface area contributed by atoms with Crippen LogP contribution in [-0.4, -0.2) is 41.7 Å². The van der Waals surface area contributed by atoms with Crippen molar-refractivity contribution < 1.29 is 13.8 Å². The van der Waals surface area contributed by atoms with Gasteiger partial charge in [-0.05, 0) is 46.2 Å². The lowest BCUT2D eigenvalue weighted by molar-refractivity contribution is 0.0439. The zero-order chi connectivity index (χ0) is 22.1. The molecule has 1 aliphatic rings. The summed E-state index contributed by atoms with van der Waals surface area (Å²) < 4.78 is 21.2. The van der Waals surface area contributed by atoms with Crippen LogP contribution in [0.5, 0.6) is 0 Å². The van der Waals surface area contributed by atoms with Crippen LogP contribution in [0.1, 0.15) is 59.9 Å². The van der Waals surface area contributed by atoms with Crippen molar-refractivity contribution in [3.8, 4) is 17.9 Å². The summed E-state index contributed by atoms with van der Waals surface area (Å²) in [5.74, 6) is 6.74. The number of rotatable bonds is 9. The van der Waals surface area contributed by atoms with Crippen LogP contribution < -0.4 is 0 Å². The highest BCUT2D eigenvalue weighted by Gasteiger charge is 2.44. The van der Waals surface area contributed by atoms with Crippen molar-refractivity contribution in [3.05, 3.63) is 35.9 Å². The van der Waals surface area contributed by atoms with Gasteiger partial charge in [-0.15, -0.1) is 0 Å². The molecule has 0 amide bonds. The molecule has 0 aromatic heterocycles. The molecule has 2 rings (SSSR count). The van der Waals surface area contributed by atoms with Gasteiger partial charge in [0.15, 0.2) is 0 Å². The van der Waals surface area contributed by atoms with E-state index < -0.39 is 8.53 Å². The van der Waals surface area contributed by atoms with E-state index in [9.17, 15) is 0 Å². The molecule has 6 heteroatoms. The van der Waals surface area contributed by atoms with Gasteiger partial charge in [0, 0.05) is 23.6 Å². The summed E-state index contributed by atoms with van der Waals surface area (Å²) in [6, 6.07) is 12.6. The molecule has 1 aromatic rings. The maximum Gasteiger partial charge on any atom is 0.259 e. The van der Waals surface area contributed by atoms with Crippen LogP contribution in [-0.2, 0) is 13.8 Å². The Morgan fingerprint density at radius 3 is 2.40 bits per heavy atom. The predicted molar refractivity (Wildman–Crippen MR) is 122 cm³/mol. The van der Waals surface area contributed by atoms with Gasteiger partial charge >= 0.3 is 0 Å². The van der Waals surface area contributed by atoms with E-state index >= 15 is 0 Å². The Labute approximate surface area is 183 Å². The molecule has 1 unspecified atom stereocenters. The molecule has 1 aromatic carbocycles. The molecule has 0 spiro atoms. The van der Waals surface area contributed by atoms with Gasteiger partial charge in [0.25, 0.3) is 8.53 Å². The summed E-state index contributed by atoms with van der Waals surface area (Å²) in [6.45, 7) is 13.2. The summed E-state index contributed by atoms with van der Waals surface area (Å²) in [5, 5.41) is 8.93. The molecule has 0 aliphatic carbocycles. The second-order valence-corrected chi connectivity index (χ2v) is 9.52. The number of hydrogen-bond donors (Lipinski definition) is 0. The van der Waals surface area contributed by atoms with Gasteiger partial charge in [0.2, 0.25) is 0 Å². The lowest BCUT2D eigenvalue weighted by Crippen LogP contribution is -2.37. The molecular formula is C24H35N2O3P. The zero-order valence-electron chi connectivity index (χ0n) is 19.0. The standard InChI is InChI=1S/C24H35N2O3P/c1-7-22-20(6)24(23(28-22)15-14-21-12-9-8-10-13-21)29-30(27-17-11-16-25)26(18(2)3)19(4)5/h8-10,12-13,18-20,22-24H,7,11,17H2,1-6H3/t20-,22-,23+,24-,30?/m1/s1. The first-order valence-electron chi connectivity index (χ1n) is 10.9. The molecule has 164 valence electrons. The van der Waals surface area contributed by atoms with Gasteiger partial charge < -0.3 is 13.8 Å². The summed E-state index contributed by atoms with van der Waals surface area (Å²) in [6.07, 6.45) is 0.871. The molecule has 0 bridgehead atoms. The minimum atomic E-state index is -1.33. The van der Waals surface area contributed by atoms with Crippen molar-refractivity contribution in [1.82, 2.24) is 4.67 Å². The van der Waals surface area contributed by atoms with Crippen molar-refractivity contribution >= 4 is 8.53 Å². The van der Waals surface area contributed by atoms with Crippen LogP contribution >= 0.6 is 8.53 Å². The molecule has 1 heterocycles. The van der Waals surface area contributed by atoms with Crippen LogP contribution in [0.15, 0.2) is 30.3 Å². The monoisotopic (exact) mass is 430 g/mol. The molecule has 1 fully saturated rings. The minimum Gasteiger partial charge on any atom is -0.359 e. The van der Waals surface area contributed by atoms with Crippen molar-refractivity contribution in [3.63, 3.8) is 0 Å². The van der Waals surface area contributed by atoms with Crippen molar-refractivity contribution in [2.24, 2.45) is 5.92 Å². The van der Waals surface area contributed by atoms with E-state index in [-0.39, 0.29) is 36.3 Å². The van der Waals surface area contributed by atoms with Crippen molar-refractivity contribution in [1.29, 1.82) is 5.26 Å². The highest BCUT2D eigenvalue weighted by molar-refractivity contribution is 7.44. The number of hydrogen-bond acceptors (Lipinski definition) is 5. The van der Waals surface area contributed by atoms with Crippen molar-refractivity contribution in [2.45, 2.75) is 84.8 Å². The summed E-state index contributed by atoms with van der Waals surface area (Å²) in [7, 11) is -1.33. The summed E-state index contributed by atoms with van der Waals surface area (Å²) >= 11 is 0. The Kier molecular flexibility index (Phi) is 10.3. The minimum absolute atomic E-state index is 0.104. The van der Waals surface area contributed by atoms with E-state index in [4.69, 9.17) is 19.0 Å². The van der Waals surface area contributed by atoms with Crippen LogP contribution in [0.2, 0.25) is 0 Å². The molecule has 0 N–H and O–H groups in total. The van der Waals surface area contributed by atoms with Gasteiger partial charge in [-0.2, -0.15) is 5.26 Å². The quantitative estimate of drug-likeness (QED) is 0.294. The Hall–Kier alpha value is -1.46. The van der Waals surface area contributed by atoms with E-state index in [0.717, 1.165) is 12.0 Å². The third-order valence-electron chi connectivity index (χ3n) is 5.13. The maximum atomic E-state index is 8.93. The number of benzene rings is 1. The molecule has 0 saturated carbocycles. The summed E-state index contributed by atoms with van der Waals surface area (Å²) in [5.41, 5.74) is 0.964. The van der Waals surface area contributed by atoms with E-state index in [1.807, 2.05) is 30.3 Å². The normalized spacial score (nSPS) is 24.7. The SMILES string of the molecule is CC[C@H]1O[C@@H](C#Cc2ccccc2)[C@H](OP(OCCC#N)N(C(C)C)C(C)C)[C@@H]1C. The van der Waals surface area contributed by atoms with E-state index in [1.165, 1.54) is 0 Å². The Bertz CT molecular complexity index is 730. The molecular weight excluding hydrogens is 395 g/mol. The zero-order valence-corrected chi connectivity index (χ0v) is 19.9. The number of nitrogens with zero attached hydrogens (tertiary/aromatic N) is 2. The van der Waals surface area contributed by atoms with E-state index in [0.29, 0.717) is 13.0 Å². The fourth-order valence-electron chi connectivity index (χ4n) is 3.69. The molecule has 0 radical (unpaired) electrons. The average Bonchev–Trinajstić information content (AvgIpc) is 3.01. The van der Waals surface area contributed by atoms with E-state index in [1.54, 1.807) is 0 Å². The third-order valence-corrected chi connectivity index (χ3v) is 7.26. The fraction of sp³-hybridized carbons (Fsp3) is 0.625. The molecule has 1 aliphatic heterocycles. The maximum absolute atomic E-state index is 8.93. The molecule has 30 heavy (non-hydrogen) atoms. The first-order valence-corrected chi connectivity index (χ1v) is 12.0. The highest BCUT2D eigenvalue weighted by Crippen LogP contribution is 2.50. The largest absolute Gasteiger partial charge is 0.359 e. The van der Waals surface area contributed by atoms with Crippen molar-refractivity contribution in [2.75, 3.05) is 6.61 Å².